The van der Waals surface area contributed by atoms with Crippen molar-refractivity contribution in [2.45, 2.75) is 133 Å². The van der Waals surface area contributed by atoms with Gasteiger partial charge in [-0.25, -0.2) is 22.3 Å². The van der Waals surface area contributed by atoms with Gasteiger partial charge in [0.1, 0.15) is 36.3 Å². The molecule has 3 heterocycles. The fourth-order valence-corrected chi connectivity index (χ4v) is 15.5. The molecule has 5 saturated carbocycles. The minimum atomic E-state index is -4.50. The molecule has 318 valence electrons. The van der Waals surface area contributed by atoms with Gasteiger partial charge in [-0.1, -0.05) is 20.8 Å². The summed E-state index contributed by atoms with van der Waals surface area (Å²) in [6.07, 6.45) is -8.75. The van der Waals surface area contributed by atoms with Crippen LogP contribution >= 0.6 is 0 Å². The maximum atomic E-state index is 14.2. The highest BCUT2D eigenvalue weighted by Gasteiger charge is 2.93. The maximum absolute atomic E-state index is 14.2. The molecule has 1 spiro atoms. The Morgan fingerprint density at radius 3 is 2.07 bits per heavy atom. The number of esters is 4. The minimum Gasteiger partial charge on any atom is -0.459 e. The molecular formula is C40H50FNO15S. The Bertz CT molecular complexity index is 2100. The average Bonchev–Trinajstić information content (AvgIpc) is 4.03. The number of carbonyl (C=O) groups is 4. The number of nitrogens with one attached hydrogen (secondary N) is 1. The second-order valence-electron chi connectivity index (χ2n) is 18.8. The molecule has 4 N–H and O–H groups in total. The van der Waals surface area contributed by atoms with Gasteiger partial charge in [0.05, 0.1) is 34.7 Å². The lowest BCUT2D eigenvalue weighted by molar-refractivity contribution is -0.285. The van der Waals surface area contributed by atoms with E-state index in [-0.39, 0.29) is 11.3 Å². The Balaban J connectivity index is 1.29. The van der Waals surface area contributed by atoms with Crippen molar-refractivity contribution in [3.8, 4) is 0 Å². The standard InChI is InChI=1S/C40H50FNO15S/c1-14-23-26(38(7)39(8,49)35(48)57-40(38)32(14)56-40)29(47)24-22-25(31(52-15(2)43)34(37(23,24)6)54-17(4)45)36(5)20(13-21-30(55-21)33(36)53-16(3)44)27(28(22)46)42-58(50,51)19-11-9-18(41)10-12-19/h9-12,14,20-34,42,46-47,49H,13H2,1-8H3/t14-,20+,21-,22-,23-,24+,25+,26-,27-,28+,29+,30-,31-,32+,33-,34-,36-,37+,38-,39+,40-/m0/s1. The molecule has 0 radical (unpaired) electrons. The van der Waals surface area contributed by atoms with Crippen LogP contribution in [0.4, 0.5) is 4.39 Å². The first-order valence-corrected chi connectivity index (χ1v) is 21.3. The van der Waals surface area contributed by atoms with Gasteiger partial charge in [-0.3, -0.25) is 14.4 Å². The molecule has 16 nitrogen and oxygen atoms in total. The van der Waals surface area contributed by atoms with E-state index in [0.29, 0.717) is 0 Å². The van der Waals surface area contributed by atoms with Crippen LogP contribution in [0.1, 0.15) is 61.8 Å². The summed E-state index contributed by atoms with van der Waals surface area (Å²) in [5, 5.41) is 38.2. The molecule has 9 rings (SSSR count). The minimum absolute atomic E-state index is 0.162. The molecule has 1 aromatic rings. The lowest BCUT2D eigenvalue weighted by Gasteiger charge is -2.67. The number of halogens is 1. The fraction of sp³-hybridized carbons (Fsp3) is 0.750. The van der Waals surface area contributed by atoms with E-state index in [4.69, 9.17) is 28.4 Å². The van der Waals surface area contributed by atoms with E-state index in [0.717, 1.165) is 24.3 Å². The van der Waals surface area contributed by atoms with Crippen LogP contribution in [0.5, 0.6) is 0 Å². The van der Waals surface area contributed by atoms with Crippen molar-refractivity contribution in [2.75, 3.05) is 0 Å². The molecule has 0 aromatic heterocycles. The number of hydrogen-bond donors (Lipinski definition) is 4. The molecule has 21 atom stereocenters. The smallest absolute Gasteiger partial charge is 0.341 e. The lowest BCUT2D eigenvalue weighted by atomic mass is 9.40. The zero-order valence-corrected chi connectivity index (χ0v) is 34.1. The van der Waals surface area contributed by atoms with Crippen LogP contribution in [-0.2, 0) is 57.6 Å². The van der Waals surface area contributed by atoms with E-state index in [1.165, 1.54) is 27.7 Å². The molecule has 5 aliphatic carbocycles. The molecule has 0 unspecified atom stereocenters. The Morgan fingerprint density at radius 2 is 1.47 bits per heavy atom. The topological polar surface area (TPSA) is 237 Å². The van der Waals surface area contributed by atoms with Gasteiger partial charge in [0, 0.05) is 49.4 Å². The van der Waals surface area contributed by atoms with E-state index >= 15 is 0 Å². The van der Waals surface area contributed by atoms with Crippen molar-refractivity contribution >= 4 is 33.9 Å². The van der Waals surface area contributed by atoms with Gasteiger partial charge in [0.25, 0.3) is 0 Å². The van der Waals surface area contributed by atoms with E-state index in [9.17, 15) is 47.3 Å². The highest BCUT2D eigenvalue weighted by Crippen LogP contribution is 2.81. The molecule has 1 aromatic carbocycles. The Morgan fingerprint density at radius 1 is 0.862 bits per heavy atom. The summed E-state index contributed by atoms with van der Waals surface area (Å²) in [6.45, 7) is 11.9. The second-order valence-corrected chi connectivity index (χ2v) is 20.6. The Kier molecular flexibility index (Phi) is 8.44. The van der Waals surface area contributed by atoms with Crippen LogP contribution in [0.25, 0.3) is 0 Å². The number of hydrogen-bond acceptors (Lipinski definition) is 15. The summed E-state index contributed by atoms with van der Waals surface area (Å²) in [4.78, 5) is 52.7. The third-order valence-corrected chi connectivity index (χ3v) is 17.9. The lowest BCUT2D eigenvalue weighted by Crippen LogP contribution is -2.77. The van der Waals surface area contributed by atoms with Gasteiger partial charge in [-0.15, -0.1) is 0 Å². The molecule has 8 aliphatic rings. The monoisotopic (exact) mass is 835 g/mol. The van der Waals surface area contributed by atoms with Crippen LogP contribution in [0.3, 0.4) is 0 Å². The maximum Gasteiger partial charge on any atom is 0.341 e. The normalized spacial score (nSPS) is 52.9. The molecule has 58 heavy (non-hydrogen) atoms. The summed E-state index contributed by atoms with van der Waals surface area (Å²) >= 11 is 0. The van der Waals surface area contributed by atoms with Crippen LogP contribution in [0, 0.1) is 63.5 Å². The van der Waals surface area contributed by atoms with Gasteiger partial charge in [0.2, 0.25) is 15.8 Å². The number of epoxide rings is 2. The average molecular weight is 836 g/mol. The van der Waals surface area contributed by atoms with Gasteiger partial charge in [-0.05, 0) is 68.2 Å². The van der Waals surface area contributed by atoms with Crippen LogP contribution in [0.2, 0.25) is 0 Å². The van der Waals surface area contributed by atoms with Crippen molar-refractivity contribution in [2.24, 2.45) is 57.7 Å². The van der Waals surface area contributed by atoms with Crippen LogP contribution < -0.4 is 4.72 Å². The molecule has 0 bridgehead atoms. The molecule has 0 amide bonds. The van der Waals surface area contributed by atoms with Crippen molar-refractivity contribution < 1.29 is 75.7 Å². The predicted molar refractivity (Wildman–Crippen MR) is 191 cm³/mol. The molecule has 8 fully saturated rings. The highest BCUT2D eigenvalue weighted by molar-refractivity contribution is 7.89. The van der Waals surface area contributed by atoms with E-state index in [2.05, 4.69) is 4.72 Å². The summed E-state index contributed by atoms with van der Waals surface area (Å²) < 4.78 is 81.9. The van der Waals surface area contributed by atoms with Gasteiger partial charge >= 0.3 is 23.9 Å². The first kappa shape index (κ1) is 40.2. The van der Waals surface area contributed by atoms with Crippen molar-refractivity contribution in [3.63, 3.8) is 0 Å². The molecule has 3 aliphatic heterocycles. The molecule has 3 saturated heterocycles. The van der Waals surface area contributed by atoms with Gasteiger partial charge in [0.15, 0.2) is 5.60 Å². The van der Waals surface area contributed by atoms with Crippen molar-refractivity contribution in [1.29, 1.82) is 0 Å². The summed E-state index contributed by atoms with van der Waals surface area (Å²) in [6, 6.07) is 2.79. The van der Waals surface area contributed by atoms with Crippen LogP contribution in [0.15, 0.2) is 29.2 Å². The number of benzene rings is 1. The first-order chi connectivity index (χ1) is 26.9. The first-order valence-electron chi connectivity index (χ1n) is 19.9. The quantitative estimate of drug-likeness (QED) is 0.178. The van der Waals surface area contributed by atoms with Crippen molar-refractivity contribution in [3.05, 3.63) is 30.1 Å². The zero-order chi connectivity index (χ0) is 42.2. The SMILES string of the molecule is CC(=O)O[C@H]1[C@H]2[C@@H]([C@@H](O)[C@@H](NS(=O)(=O)c3ccc(F)cc3)[C@H]3C[C@@H]4O[C@@H]4[C@H](OC(C)=O)[C@]23C)[C@@H]2[C@@H](O)[C@@H]3[C@H]([C@H](C)[C@H]4O[C@]45OC(=O)[C@@](C)(O)[C@]35C)[C@@]2(C)[C@H]1OC(C)=O. The Labute approximate surface area is 334 Å². The van der Waals surface area contributed by atoms with Crippen LogP contribution in [-0.4, -0.2) is 114 Å². The third kappa shape index (κ3) is 4.79. The number of sulfonamides is 1. The van der Waals surface area contributed by atoms with E-state index in [1.807, 2.05) is 6.92 Å². The Hall–Kier alpha value is -3.26. The largest absolute Gasteiger partial charge is 0.459 e. The molecular weight excluding hydrogens is 785 g/mol. The van der Waals surface area contributed by atoms with E-state index < -0.39 is 164 Å². The van der Waals surface area contributed by atoms with E-state index in [1.54, 1.807) is 20.8 Å². The summed E-state index contributed by atoms with van der Waals surface area (Å²) in [5.74, 6) is -12.1. The third-order valence-electron chi connectivity index (χ3n) is 16.4. The number of aliphatic hydroxyl groups excluding tert-OH is 2. The highest BCUT2D eigenvalue weighted by atomic mass is 32.2. The van der Waals surface area contributed by atoms with Crippen molar-refractivity contribution in [1.82, 2.24) is 4.72 Å². The predicted octanol–water partition coefficient (Wildman–Crippen LogP) is 0.970. The second kappa shape index (κ2) is 12.2. The zero-order valence-electron chi connectivity index (χ0n) is 33.3. The van der Waals surface area contributed by atoms with Gasteiger partial charge in [-0.2, -0.15) is 0 Å². The fourth-order valence-electron chi connectivity index (χ4n) is 14.2. The number of aliphatic hydroxyl groups is 3. The number of carbonyl (C=O) groups excluding carboxylic acids is 4. The number of rotatable bonds is 6. The molecule has 18 heteroatoms. The number of ether oxygens (including phenoxy) is 6. The number of fused-ring (bicyclic) bond motifs is 9. The van der Waals surface area contributed by atoms with Gasteiger partial charge < -0.3 is 43.7 Å². The summed E-state index contributed by atoms with van der Waals surface area (Å²) in [5.41, 5.74) is -6.66. The summed E-state index contributed by atoms with van der Waals surface area (Å²) in [7, 11) is -4.50.